The molecule has 9 heteroatoms. The standard InChI is InChI=1S/C17H24N6O3/c1-13(24)20-3-7-22(8-4-20)16-12-18-15(11-19-16)17(26)23-9-5-21(6-10-23)14(2)25/h11-12H,3-10H2,1-2H3. The molecule has 0 atom stereocenters. The molecule has 0 N–H and O–H groups in total. The van der Waals surface area contributed by atoms with Crippen LogP contribution >= 0.6 is 0 Å². The molecule has 2 saturated heterocycles. The zero-order valence-electron chi connectivity index (χ0n) is 15.2. The first-order valence-electron chi connectivity index (χ1n) is 8.83. The number of anilines is 1. The molecule has 2 aliphatic rings. The first-order chi connectivity index (χ1) is 12.5. The van der Waals surface area contributed by atoms with Gasteiger partial charge in [-0.05, 0) is 0 Å². The second-order valence-electron chi connectivity index (χ2n) is 6.55. The molecule has 0 bridgehead atoms. The number of rotatable bonds is 2. The summed E-state index contributed by atoms with van der Waals surface area (Å²) >= 11 is 0. The monoisotopic (exact) mass is 360 g/mol. The van der Waals surface area contributed by atoms with E-state index in [1.54, 1.807) is 22.9 Å². The van der Waals surface area contributed by atoms with Gasteiger partial charge in [0.2, 0.25) is 11.8 Å². The lowest BCUT2D eigenvalue weighted by Gasteiger charge is -2.35. The lowest BCUT2D eigenvalue weighted by molar-refractivity contribution is -0.130. The smallest absolute Gasteiger partial charge is 0.274 e. The van der Waals surface area contributed by atoms with Gasteiger partial charge in [0.15, 0.2) is 0 Å². The molecule has 3 rings (SSSR count). The Morgan fingerprint density at radius 3 is 1.69 bits per heavy atom. The predicted molar refractivity (Wildman–Crippen MR) is 94.7 cm³/mol. The van der Waals surface area contributed by atoms with Crippen molar-refractivity contribution >= 4 is 23.5 Å². The van der Waals surface area contributed by atoms with Crippen LogP contribution in [0.1, 0.15) is 24.3 Å². The fraction of sp³-hybridized carbons (Fsp3) is 0.588. The van der Waals surface area contributed by atoms with Crippen LogP contribution in [0.2, 0.25) is 0 Å². The molecule has 140 valence electrons. The van der Waals surface area contributed by atoms with Crippen LogP contribution in [0.15, 0.2) is 12.4 Å². The van der Waals surface area contributed by atoms with E-state index < -0.39 is 0 Å². The average Bonchev–Trinajstić information content (AvgIpc) is 2.67. The van der Waals surface area contributed by atoms with Crippen LogP contribution < -0.4 is 4.90 Å². The van der Waals surface area contributed by atoms with E-state index in [-0.39, 0.29) is 17.7 Å². The third-order valence-electron chi connectivity index (χ3n) is 4.92. The summed E-state index contributed by atoms with van der Waals surface area (Å²) in [5, 5.41) is 0. The highest BCUT2D eigenvalue weighted by Gasteiger charge is 2.25. The third kappa shape index (κ3) is 3.92. The number of carbonyl (C=O) groups is 3. The normalized spacial score (nSPS) is 18.1. The van der Waals surface area contributed by atoms with Crippen molar-refractivity contribution < 1.29 is 14.4 Å². The van der Waals surface area contributed by atoms with Gasteiger partial charge in [0.05, 0.1) is 12.4 Å². The van der Waals surface area contributed by atoms with E-state index >= 15 is 0 Å². The average molecular weight is 360 g/mol. The third-order valence-corrected chi connectivity index (χ3v) is 4.92. The molecule has 0 radical (unpaired) electrons. The van der Waals surface area contributed by atoms with E-state index in [9.17, 15) is 14.4 Å². The number of aromatic nitrogens is 2. The maximum atomic E-state index is 12.5. The van der Waals surface area contributed by atoms with Gasteiger partial charge in [0.1, 0.15) is 11.5 Å². The van der Waals surface area contributed by atoms with Gasteiger partial charge < -0.3 is 19.6 Å². The number of hydrogen-bond acceptors (Lipinski definition) is 6. The number of amides is 3. The topological polar surface area (TPSA) is 90.0 Å². The molecule has 0 unspecified atom stereocenters. The fourth-order valence-electron chi connectivity index (χ4n) is 3.23. The summed E-state index contributed by atoms with van der Waals surface area (Å²) in [5.41, 5.74) is 0.312. The second kappa shape index (κ2) is 7.67. The molecule has 2 aliphatic heterocycles. The number of hydrogen-bond donors (Lipinski definition) is 0. The molecule has 26 heavy (non-hydrogen) atoms. The summed E-state index contributed by atoms with van der Waals surface area (Å²) in [6, 6.07) is 0. The van der Waals surface area contributed by atoms with Gasteiger partial charge in [-0.15, -0.1) is 0 Å². The van der Waals surface area contributed by atoms with Gasteiger partial charge in [0, 0.05) is 66.2 Å². The molecule has 9 nitrogen and oxygen atoms in total. The van der Waals surface area contributed by atoms with E-state index in [2.05, 4.69) is 14.9 Å². The highest BCUT2D eigenvalue weighted by atomic mass is 16.2. The van der Waals surface area contributed by atoms with Gasteiger partial charge in [-0.3, -0.25) is 14.4 Å². The maximum Gasteiger partial charge on any atom is 0.274 e. The quantitative estimate of drug-likeness (QED) is 0.703. The van der Waals surface area contributed by atoms with Gasteiger partial charge >= 0.3 is 0 Å². The Morgan fingerprint density at radius 2 is 1.23 bits per heavy atom. The van der Waals surface area contributed by atoms with Crippen molar-refractivity contribution in [3.05, 3.63) is 18.1 Å². The highest BCUT2D eigenvalue weighted by molar-refractivity contribution is 5.92. The Kier molecular flexibility index (Phi) is 5.34. The summed E-state index contributed by atoms with van der Waals surface area (Å²) < 4.78 is 0. The van der Waals surface area contributed by atoms with Crippen LogP contribution in [-0.4, -0.2) is 94.7 Å². The van der Waals surface area contributed by atoms with Crippen molar-refractivity contribution in [1.82, 2.24) is 24.7 Å². The molecule has 1 aromatic rings. The predicted octanol–water partition coefficient (Wildman–Crippen LogP) is -0.551. The van der Waals surface area contributed by atoms with E-state index in [1.807, 2.05) is 4.90 Å². The van der Waals surface area contributed by atoms with Crippen LogP contribution in [-0.2, 0) is 9.59 Å². The van der Waals surface area contributed by atoms with Gasteiger partial charge in [-0.25, -0.2) is 9.97 Å². The van der Waals surface area contributed by atoms with Crippen molar-refractivity contribution in [3.8, 4) is 0 Å². The lowest BCUT2D eigenvalue weighted by atomic mass is 10.2. The molecular formula is C17H24N6O3. The summed E-state index contributed by atoms with van der Waals surface area (Å²) in [4.78, 5) is 51.3. The van der Waals surface area contributed by atoms with E-state index in [0.29, 0.717) is 63.9 Å². The van der Waals surface area contributed by atoms with Crippen LogP contribution in [0, 0.1) is 0 Å². The minimum atomic E-state index is -0.159. The molecule has 0 saturated carbocycles. The van der Waals surface area contributed by atoms with E-state index in [0.717, 1.165) is 0 Å². The number of carbonyl (C=O) groups excluding carboxylic acids is 3. The van der Waals surface area contributed by atoms with Crippen molar-refractivity contribution in [2.75, 3.05) is 57.3 Å². The van der Waals surface area contributed by atoms with E-state index in [1.165, 1.54) is 13.1 Å². The minimum Gasteiger partial charge on any atom is -0.352 e. The molecular weight excluding hydrogens is 336 g/mol. The van der Waals surface area contributed by atoms with E-state index in [4.69, 9.17) is 0 Å². The molecule has 3 amide bonds. The molecule has 3 heterocycles. The van der Waals surface area contributed by atoms with Gasteiger partial charge in [-0.1, -0.05) is 0 Å². The van der Waals surface area contributed by atoms with Crippen molar-refractivity contribution in [2.45, 2.75) is 13.8 Å². The summed E-state index contributed by atoms with van der Waals surface area (Å²) in [6.07, 6.45) is 3.12. The summed E-state index contributed by atoms with van der Waals surface area (Å²) in [5.74, 6) is 0.674. The molecule has 0 spiro atoms. The maximum absolute atomic E-state index is 12.5. The van der Waals surface area contributed by atoms with Gasteiger partial charge in [-0.2, -0.15) is 0 Å². The largest absolute Gasteiger partial charge is 0.352 e. The molecule has 1 aromatic heterocycles. The number of piperazine rings is 2. The Hall–Kier alpha value is -2.71. The SMILES string of the molecule is CC(=O)N1CCN(C(=O)c2cnc(N3CCN(C(C)=O)CC3)cn2)CC1. The first-order valence-corrected chi connectivity index (χ1v) is 8.83. The number of nitrogens with zero attached hydrogens (tertiary/aromatic N) is 6. The first kappa shape index (κ1) is 18.1. The Bertz CT molecular complexity index is 676. The van der Waals surface area contributed by atoms with Crippen molar-refractivity contribution in [2.24, 2.45) is 0 Å². The highest BCUT2D eigenvalue weighted by Crippen LogP contribution is 2.14. The van der Waals surface area contributed by atoms with Crippen LogP contribution in [0.4, 0.5) is 5.82 Å². The molecule has 0 aliphatic carbocycles. The summed E-state index contributed by atoms with van der Waals surface area (Å²) in [7, 11) is 0. The zero-order valence-corrected chi connectivity index (χ0v) is 15.2. The van der Waals surface area contributed by atoms with Crippen molar-refractivity contribution in [1.29, 1.82) is 0 Å². The van der Waals surface area contributed by atoms with Crippen LogP contribution in [0.3, 0.4) is 0 Å². The Balaban J connectivity index is 1.57. The fourth-order valence-corrected chi connectivity index (χ4v) is 3.23. The minimum absolute atomic E-state index is 0.0334. The Labute approximate surface area is 152 Å². The molecule has 0 aromatic carbocycles. The summed E-state index contributed by atoms with van der Waals surface area (Å²) in [6.45, 7) is 7.97. The second-order valence-corrected chi connectivity index (χ2v) is 6.55. The zero-order chi connectivity index (χ0) is 18.7. The van der Waals surface area contributed by atoms with Gasteiger partial charge in [0.25, 0.3) is 5.91 Å². The van der Waals surface area contributed by atoms with Crippen LogP contribution in [0.25, 0.3) is 0 Å². The van der Waals surface area contributed by atoms with Crippen molar-refractivity contribution in [3.63, 3.8) is 0 Å². The van der Waals surface area contributed by atoms with Crippen LogP contribution in [0.5, 0.6) is 0 Å². The molecule has 2 fully saturated rings. The lowest BCUT2D eigenvalue weighted by Crippen LogP contribution is -2.50. The Morgan fingerprint density at radius 1 is 0.731 bits per heavy atom.